The maximum atomic E-state index is 13.5. The summed E-state index contributed by atoms with van der Waals surface area (Å²) in [5.41, 5.74) is 7.64. The summed E-state index contributed by atoms with van der Waals surface area (Å²) < 4.78 is 19.0. The fourth-order valence-corrected chi connectivity index (χ4v) is 1.70. The van der Waals surface area contributed by atoms with Crippen LogP contribution in [0.3, 0.4) is 0 Å². The van der Waals surface area contributed by atoms with Gasteiger partial charge in [0, 0.05) is 17.8 Å². The third-order valence-electron chi connectivity index (χ3n) is 2.60. The van der Waals surface area contributed by atoms with Gasteiger partial charge in [0.2, 0.25) is 0 Å². The molecule has 0 fully saturated rings. The first kappa shape index (κ1) is 12.5. The molecule has 0 spiro atoms. The Morgan fingerprint density at radius 2 is 2.00 bits per heavy atom. The number of nitrogens with zero attached hydrogens (tertiary/aromatic N) is 1. The van der Waals surface area contributed by atoms with E-state index in [1.54, 1.807) is 12.1 Å². The maximum Gasteiger partial charge on any atom is 0.131 e. The Morgan fingerprint density at radius 3 is 2.72 bits per heavy atom. The molecule has 0 saturated carbocycles. The molecule has 4 heteroatoms. The number of aryl methyl sites for hydroxylation is 1. The lowest BCUT2D eigenvalue weighted by Crippen LogP contribution is -2.06. The maximum absolute atomic E-state index is 13.5. The summed E-state index contributed by atoms with van der Waals surface area (Å²) in [6, 6.07) is 10.4. The highest BCUT2D eigenvalue weighted by molar-refractivity contribution is 5.34. The first-order valence-electron chi connectivity index (χ1n) is 5.73. The van der Waals surface area contributed by atoms with Crippen LogP contribution in [0.2, 0.25) is 0 Å². The van der Waals surface area contributed by atoms with Crippen LogP contribution >= 0.6 is 0 Å². The van der Waals surface area contributed by atoms with Crippen LogP contribution in [0.1, 0.15) is 17.0 Å². The van der Waals surface area contributed by atoms with Crippen molar-refractivity contribution in [3.8, 4) is 5.75 Å². The Hall–Kier alpha value is -1.94. The van der Waals surface area contributed by atoms with E-state index in [2.05, 4.69) is 4.98 Å². The Kier molecular flexibility index (Phi) is 3.89. The number of hydrogen-bond donors (Lipinski definition) is 1. The van der Waals surface area contributed by atoms with E-state index in [4.69, 9.17) is 10.5 Å². The van der Waals surface area contributed by atoms with Gasteiger partial charge in [-0.25, -0.2) is 4.39 Å². The zero-order valence-corrected chi connectivity index (χ0v) is 10.2. The van der Waals surface area contributed by atoms with Crippen molar-refractivity contribution in [2.75, 3.05) is 0 Å². The first-order chi connectivity index (χ1) is 8.70. The molecule has 1 aromatic heterocycles. The highest BCUT2D eigenvalue weighted by Crippen LogP contribution is 2.21. The number of ether oxygens (including phenoxy) is 1. The summed E-state index contributed by atoms with van der Waals surface area (Å²) in [5, 5.41) is 0. The van der Waals surface area contributed by atoms with Gasteiger partial charge < -0.3 is 10.5 Å². The number of benzene rings is 1. The van der Waals surface area contributed by atoms with Crippen molar-refractivity contribution in [3.05, 3.63) is 59.2 Å². The molecule has 0 aliphatic rings. The molecule has 0 aliphatic heterocycles. The van der Waals surface area contributed by atoms with Gasteiger partial charge in [-0.1, -0.05) is 12.1 Å². The van der Waals surface area contributed by atoms with E-state index in [9.17, 15) is 4.39 Å². The standard InChI is InChI=1S/C14H15FN2O/c1-10-4-2-5-11(17-10)9-18-14-7-3-6-13(15)12(14)8-16/h2-7H,8-9,16H2,1H3. The zero-order valence-electron chi connectivity index (χ0n) is 10.2. The fourth-order valence-electron chi connectivity index (χ4n) is 1.70. The summed E-state index contributed by atoms with van der Waals surface area (Å²) in [6.07, 6.45) is 0. The highest BCUT2D eigenvalue weighted by Gasteiger charge is 2.08. The predicted octanol–water partition coefficient (Wildman–Crippen LogP) is 2.57. The van der Waals surface area contributed by atoms with Gasteiger partial charge >= 0.3 is 0 Å². The minimum Gasteiger partial charge on any atom is -0.487 e. The Labute approximate surface area is 105 Å². The highest BCUT2D eigenvalue weighted by atomic mass is 19.1. The van der Waals surface area contributed by atoms with Crippen LogP contribution in [0.5, 0.6) is 5.75 Å². The average molecular weight is 246 g/mol. The van der Waals surface area contributed by atoms with Crippen LogP contribution in [-0.4, -0.2) is 4.98 Å². The van der Waals surface area contributed by atoms with Crippen LogP contribution in [0.4, 0.5) is 4.39 Å². The molecule has 0 atom stereocenters. The lowest BCUT2D eigenvalue weighted by atomic mass is 10.2. The van der Waals surface area contributed by atoms with Crippen molar-refractivity contribution < 1.29 is 9.13 Å². The molecule has 18 heavy (non-hydrogen) atoms. The zero-order chi connectivity index (χ0) is 13.0. The number of aromatic nitrogens is 1. The molecule has 1 heterocycles. The minimum atomic E-state index is -0.341. The molecule has 0 bridgehead atoms. The van der Waals surface area contributed by atoms with Crippen LogP contribution < -0.4 is 10.5 Å². The quantitative estimate of drug-likeness (QED) is 0.902. The molecule has 0 unspecified atom stereocenters. The molecular weight excluding hydrogens is 231 g/mol. The summed E-state index contributed by atoms with van der Waals surface area (Å²) in [6.45, 7) is 2.33. The summed E-state index contributed by atoms with van der Waals surface area (Å²) >= 11 is 0. The van der Waals surface area contributed by atoms with Crippen LogP contribution in [0.25, 0.3) is 0 Å². The van der Waals surface area contributed by atoms with Gasteiger partial charge in [-0.3, -0.25) is 4.98 Å². The Bertz CT molecular complexity index is 543. The van der Waals surface area contributed by atoms with Gasteiger partial charge in [-0.05, 0) is 31.2 Å². The molecule has 0 radical (unpaired) electrons. The number of halogens is 1. The van der Waals surface area contributed by atoms with Crippen molar-refractivity contribution in [3.63, 3.8) is 0 Å². The third kappa shape index (κ3) is 2.84. The van der Waals surface area contributed by atoms with Gasteiger partial charge in [0.1, 0.15) is 18.2 Å². The Balaban J connectivity index is 2.13. The third-order valence-corrected chi connectivity index (χ3v) is 2.60. The SMILES string of the molecule is Cc1cccc(COc2cccc(F)c2CN)n1. The van der Waals surface area contributed by atoms with E-state index in [-0.39, 0.29) is 12.4 Å². The monoisotopic (exact) mass is 246 g/mol. The average Bonchev–Trinajstić information content (AvgIpc) is 2.36. The molecule has 94 valence electrons. The second-order valence-electron chi connectivity index (χ2n) is 3.98. The predicted molar refractivity (Wildman–Crippen MR) is 67.6 cm³/mol. The van der Waals surface area contributed by atoms with Crippen molar-refractivity contribution in [1.82, 2.24) is 4.98 Å². The Morgan fingerprint density at radius 1 is 1.22 bits per heavy atom. The van der Waals surface area contributed by atoms with E-state index < -0.39 is 0 Å². The molecule has 2 rings (SSSR count). The molecule has 0 aliphatic carbocycles. The largest absolute Gasteiger partial charge is 0.487 e. The normalized spacial score (nSPS) is 10.4. The van der Waals surface area contributed by atoms with Gasteiger partial charge in [0.25, 0.3) is 0 Å². The lowest BCUT2D eigenvalue weighted by Gasteiger charge is -2.10. The first-order valence-corrected chi connectivity index (χ1v) is 5.73. The topological polar surface area (TPSA) is 48.1 Å². The van der Waals surface area contributed by atoms with E-state index in [0.29, 0.717) is 17.9 Å². The molecule has 0 amide bonds. The van der Waals surface area contributed by atoms with Crippen LogP contribution in [0, 0.1) is 12.7 Å². The molecule has 2 N–H and O–H groups in total. The van der Waals surface area contributed by atoms with Gasteiger partial charge in [-0.15, -0.1) is 0 Å². The van der Waals surface area contributed by atoms with E-state index in [0.717, 1.165) is 11.4 Å². The number of hydrogen-bond acceptors (Lipinski definition) is 3. The van der Waals surface area contributed by atoms with Crippen molar-refractivity contribution in [1.29, 1.82) is 0 Å². The molecular formula is C14H15FN2O. The van der Waals surface area contributed by atoms with Crippen LogP contribution in [0.15, 0.2) is 36.4 Å². The molecule has 1 aromatic carbocycles. The van der Waals surface area contributed by atoms with Gasteiger partial charge in [0.15, 0.2) is 0 Å². The number of nitrogens with two attached hydrogens (primary N) is 1. The van der Waals surface area contributed by atoms with Gasteiger partial charge in [-0.2, -0.15) is 0 Å². The lowest BCUT2D eigenvalue weighted by molar-refractivity contribution is 0.296. The van der Waals surface area contributed by atoms with Gasteiger partial charge in [0.05, 0.1) is 5.69 Å². The van der Waals surface area contributed by atoms with E-state index in [1.807, 2.05) is 25.1 Å². The molecule has 3 nitrogen and oxygen atoms in total. The summed E-state index contributed by atoms with van der Waals surface area (Å²) in [4.78, 5) is 4.32. The fraction of sp³-hybridized carbons (Fsp3) is 0.214. The van der Waals surface area contributed by atoms with Crippen molar-refractivity contribution in [2.24, 2.45) is 5.73 Å². The second-order valence-corrected chi connectivity index (χ2v) is 3.98. The smallest absolute Gasteiger partial charge is 0.131 e. The van der Waals surface area contributed by atoms with E-state index in [1.165, 1.54) is 6.07 Å². The van der Waals surface area contributed by atoms with Crippen molar-refractivity contribution >= 4 is 0 Å². The number of rotatable bonds is 4. The van der Waals surface area contributed by atoms with E-state index >= 15 is 0 Å². The van der Waals surface area contributed by atoms with Crippen LogP contribution in [-0.2, 0) is 13.2 Å². The minimum absolute atomic E-state index is 0.114. The number of pyridine rings is 1. The molecule has 0 saturated heterocycles. The summed E-state index contributed by atoms with van der Waals surface area (Å²) in [5.74, 6) is 0.132. The summed E-state index contributed by atoms with van der Waals surface area (Å²) in [7, 11) is 0. The molecule has 2 aromatic rings. The second kappa shape index (κ2) is 5.60. The van der Waals surface area contributed by atoms with Crippen molar-refractivity contribution in [2.45, 2.75) is 20.1 Å².